The van der Waals surface area contributed by atoms with Crippen LogP contribution in [0, 0.1) is 17.8 Å². The fraction of sp³-hybridized carbons (Fsp3) is 0.533. The number of pyridine rings is 1. The molecule has 1 aromatic heterocycles. The highest BCUT2D eigenvalue weighted by Crippen LogP contribution is 2.58. The zero-order chi connectivity index (χ0) is 14.6. The first-order valence-electron chi connectivity index (χ1n) is 7.09. The minimum absolute atomic E-state index is 0.0150. The molecule has 2 bridgehead atoms. The topological polar surface area (TPSA) is 65.5 Å². The minimum Gasteiger partial charge on any atom is -0.465 e. The van der Waals surface area contributed by atoms with Gasteiger partial charge in [0.05, 0.1) is 23.8 Å². The fourth-order valence-electron chi connectivity index (χ4n) is 3.94. The van der Waals surface area contributed by atoms with Crippen LogP contribution in [-0.2, 0) is 14.3 Å². The van der Waals surface area contributed by atoms with Gasteiger partial charge < -0.3 is 9.47 Å². The summed E-state index contributed by atoms with van der Waals surface area (Å²) in [4.78, 5) is 27.9. The Labute approximate surface area is 126 Å². The van der Waals surface area contributed by atoms with Crippen molar-refractivity contribution in [3.63, 3.8) is 0 Å². The molecule has 5 nitrogen and oxygen atoms in total. The number of methoxy groups -OCH3 is 1. The van der Waals surface area contributed by atoms with E-state index in [2.05, 4.69) is 4.98 Å². The van der Waals surface area contributed by atoms with Gasteiger partial charge in [0.2, 0.25) is 0 Å². The van der Waals surface area contributed by atoms with E-state index < -0.39 is 0 Å². The van der Waals surface area contributed by atoms with Crippen LogP contribution in [0.4, 0.5) is 0 Å². The van der Waals surface area contributed by atoms with Crippen molar-refractivity contribution in [2.45, 2.75) is 29.2 Å². The Morgan fingerprint density at radius 3 is 3.14 bits per heavy atom. The third-order valence-electron chi connectivity index (χ3n) is 4.84. The highest BCUT2D eigenvalue weighted by molar-refractivity contribution is 8.00. The van der Waals surface area contributed by atoms with E-state index in [1.807, 2.05) is 0 Å². The molecular formula is C15H15NO4S. The van der Waals surface area contributed by atoms with Crippen LogP contribution >= 0.6 is 11.8 Å². The summed E-state index contributed by atoms with van der Waals surface area (Å²) in [5, 5.41) is 0.873. The quantitative estimate of drug-likeness (QED) is 0.795. The average Bonchev–Trinajstić information content (AvgIpc) is 3.12. The number of hydrogen-bond donors (Lipinski definition) is 0. The first-order valence-corrected chi connectivity index (χ1v) is 7.97. The lowest BCUT2D eigenvalue weighted by atomic mass is 9.89. The predicted molar refractivity (Wildman–Crippen MR) is 74.8 cm³/mol. The molecule has 1 aromatic rings. The van der Waals surface area contributed by atoms with E-state index in [4.69, 9.17) is 9.47 Å². The summed E-state index contributed by atoms with van der Waals surface area (Å²) in [6, 6.07) is 3.45. The molecule has 0 radical (unpaired) electrons. The van der Waals surface area contributed by atoms with Crippen molar-refractivity contribution in [2.24, 2.45) is 17.8 Å². The molecule has 5 atom stereocenters. The van der Waals surface area contributed by atoms with Crippen molar-refractivity contribution in [1.82, 2.24) is 4.98 Å². The Bertz CT molecular complexity index is 619. The molecule has 2 aliphatic carbocycles. The number of ether oxygens (including phenoxy) is 2. The zero-order valence-electron chi connectivity index (χ0n) is 11.5. The smallest absolute Gasteiger partial charge is 0.340 e. The van der Waals surface area contributed by atoms with Gasteiger partial charge in [-0.25, -0.2) is 9.78 Å². The van der Waals surface area contributed by atoms with Gasteiger partial charge in [-0.05, 0) is 30.9 Å². The molecule has 0 aromatic carbocycles. The normalized spacial score (nSPS) is 35.9. The fourth-order valence-corrected chi connectivity index (χ4v) is 5.41. The van der Waals surface area contributed by atoms with Crippen LogP contribution in [0.3, 0.4) is 0 Å². The molecular weight excluding hydrogens is 290 g/mol. The van der Waals surface area contributed by atoms with Crippen LogP contribution in [0.5, 0.6) is 0 Å². The number of esters is 2. The lowest BCUT2D eigenvalue weighted by molar-refractivity contribution is -0.143. The Kier molecular flexibility index (Phi) is 2.96. The highest BCUT2D eigenvalue weighted by Gasteiger charge is 2.62. The second kappa shape index (κ2) is 4.73. The summed E-state index contributed by atoms with van der Waals surface area (Å²) in [6.45, 7) is 0. The van der Waals surface area contributed by atoms with E-state index in [0.29, 0.717) is 22.4 Å². The molecule has 1 saturated heterocycles. The molecule has 0 amide bonds. The molecule has 3 fully saturated rings. The molecule has 21 heavy (non-hydrogen) atoms. The molecule has 1 aliphatic heterocycles. The first kappa shape index (κ1) is 13.1. The van der Waals surface area contributed by atoms with Gasteiger partial charge in [-0.1, -0.05) is 11.8 Å². The van der Waals surface area contributed by atoms with Crippen molar-refractivity contribution >= 4 is 23.7 Å². The Morgan fingerprint density at radius 2 is 2.33 bits per heavy atom. The maximum Gasteiger partial charge on any atom is 0.340 e. The number of carbonyl (C=O) groups excluding carboxylic acids is 2. The van der Waals surface area contributed by atoms with Crippen LogP contribution < -0.4 is 0 Å². The van der Waals surface area contributed by atoms with Gasteiger partial charge >= 0.3 is 11.9 Å². The standard InChI is InChI=1S/C15H15NO4S/c1-19-14(17)8-3-2-4-16-13(8)21-12-7-5-9-10(6-7)15(18)20-11(9)12/h2-4,7,9-12H,5-6H2,1H3/t7-,9+,10+,11-,12-/m1/s1. The van der Waals surface area contributed by atoms with Crippen molar-refractivity contribution in [1.29, 1.82) is 0 Å². The van der Waals surface area contributed by atoms with Crippen LogP contribution in [-0.4, -0.2) is 35.4 Å². The van der Waals surface area contributed by atoms with Gasteiger partial charge in [-0.2, -0.15) is 0 Å². The van der Waals surface area contributed by atoms with Crippen LogP contribution in [0.15, 0.2) is 23.4 Å². The third-order valence-corrected chi connectivity index (χ3v) is 6.31. The summed E-state index contributed by atoms with van der Waals surface area (Å²) >= 11 is 1.56. The molecule has 110 valence electrons. The number of aromatic nitrogens is 1. The van der Waals surface area contributed by atoms with Gasteiger partial charge in [0.25, 0.3) is 0 Å². The monoisotopic (exact) mass is 305 g/mol. The van der Waals surface area contributed by atoms with Crippen molar-refractivity contribution in [3.05, 3.63) is 23.9 Å². The summed E-state index contributed by atoms with van der Waals surface area (Å²) < 4.78 is 10.4. The maximum atomic E-state index is 11.8. The van der Waals surface area contributed by atoms with E-state index in [1.54, 1.807) is 30.1 Å². The van der Waals surface area contributed by atoms with Crippen LogP contribution in [0.25, 0.3) is 0 Å². The van der Waals surface area contributed by atoms with Crippen LogP contribution in [0.1, 0.15) is 23.2 Å². The van der Waals surface area contributed by atoms with Gasteiger partial charge in [0.15, 0.2) is 0 Å². The summed E-state index contributed by atoms with van der Waals surface area (Å²) in [5.74, 6) is 0.541. The van der Waals surface area contributed by atoms with Crippen LogP contribution in [0.2, 0.25) is 0 Å². The number of carbonyl (C=O) groups is 2. The van der Waals surface area contributed by atoms with E-state index >= 15 is 0 Å². The van der Waals surface area contributed by atoms with Gasteiger partial charge in [0, 0.05) is 12.1 Å². The Morgan fingerprint density at radius 1 is 1.48 bits per heavy atom. The molecule has 6 heteroatoms. The summed E-state index contributed by atoms with van der Waals surface area (Å²) in [5.41, 5.74) is 0.480. The summed E-state index contributed by atoms with van der Waals surface area (Å²) in [6.07, 6.45) is 3.63. The second-order valence-corrected chi connectivity index (χ2v) is 7.00. The zero-order valence-corrected chi connectivity index (χ0v) is 12.3. The number of thioether (sulfide) groups is 1. The number of hydrogen-bond acceptors (Lipinski definition) is 6. The Balaban J connectivity index is 1.61. The van der Waals surface area contributed by atoms with E-state index in [1.165, 1.54) is 7.11 Å². The lowest BCUT2D eigenvalue weighted by Gasteiger charge is -2.24. The highest BCUT2D eigenvalue weighted by atomic mass is 32.2. The molecule has 2 heterocycles. The molecule has 2 saturated carbocycles. The van der Waals surface area contributed by atoms with Crippen molar-refractivity contribution in [3.8, 4) is 0 Å². The van der Waals surface area contributed by atoms with E-state index in [-0.39, 0.29) is 29.2 Å². The maximum absolute atomic E-state index is 11.8. The number of rotatable bonds is 3. The lowest BCUT2D eigenvalue weighted by Crippen LogP contribution is -2.29. The van der Waals surface area contributed by atoms with Gasteiger partial charge in [-0.3, -0.25) is 4.79 Å². The summed E-state index contributed by atoms with van der Waals surface area (Å²) in [7, 11) is 1.37. The second-order valence-electron chi connectivity index (χ2n) is 5.83. The number of nitrogens with zero attached hydrogens (tertiary/aromatic N) is 1. The SMILES string of the molecule is COC(=O)c1cccnc1S[C@@H]1[C@@H]2C[C@@H]3[C@H]1OC(=O)[C@H]3C2. The molecule has 3 aliphatic rings. The largest absolute Gasteiger partial charge is 0.465 e. The molecule has 0 spiro atoms. The van der Waals surface area contributed by atoms with Crippen molar-refractivity contribution in [2.75, 3.05) is 7.11 Å². The molecule has 4 rings (SSSR count). The predicted octanol–water partition coefficient (Wildman–Crippen LogP) is 1.91. The van der Waals surface area contributed by atoms with Crippen molar-refractivity contribution < 1.29 is 19.1 Å². The van der Waals surface area contributed by atoms with Gasteiger partial charge in [0.1, 0.15) is 11.1 Å². The Hall–Kier alpha value is -1.56. The molecule has 0 unspecified atom stereocenters. The molecule has 0 N–H and O–H groups in total. The first-order chi connectivity index (χ1) is 10.2. The minimum atomic E-state index is -0.380. The van der Waals surface area contributed by atoms with E-state index in [9.17, 15) is 9.59 Å². The average molecular weight is 305 g/mol. The third kappa shape index (κ3) is 1.88. The number of fused-ring (bicyclic) bond motifs is 1. The van der Waals surface area contributed by atoms with E-state index in [0.717, 1.165) is 12.8 Å². The van der Waals surface area contributed by atoms with Gasteiger partial charge in [-0.15, -0.1) is 0 Å².